The Bertz CT molecular complexity index is 540. The first-order valence-electron chi connectivity index (χ1n) is 8.10. The Hall–Kier alpha value is -1.50. The van der Waals surface area contributed by atoms with Crippen molar-refractivity contribution < 1.29 is 13.9 Å². The molecule has 0 radical (unpaired) electrons. The van der Waals surface area contributed by atoms with Gasteiger partial charge >= 0.3 is 6.03 Å². The van der Waals surface area contributed by atoms with Gasteiger partial charge in [-0.05, 0) is 48.8 Å². The number of likely N-dealkylation sites (tertiary alicyclic amines) is 1. The van der Waals surface area contributed by atoms with Crippen LogP contribution in [0.5, 0.6) is 5.88 Å². The van der Waals surface area contributed by atoms with Gasteiger partial charge in [0, 0.05) is 19.3 Å². The van der Waals surface area contributed by atoms with E-state index in [4.69, 9.17) is 4.74 Å². The second-order valence-corrected chi connectivity index (χ2v) is 7.18. The van der Waals surface area contributed by atoms with Crippen LogP contribution in [0.15, 0.2) is 18.3 Å². The van der Waals surface area contributed by atoms with Crippen LogP contribution in [0.25, 0.3) is 0 Å². The average molecular weight is 339 g/mol. The molecule has 126 valence electrons. The first-order valence-corrected chi connectivity index (χ1v) is 9.25. The molecule has 2 aliphatic rings. The number of aromatic nitrogens is 1. The number of hydrogen-bond donors (Lipinski definition) is 1. The average Bonchev–Trinajstić information content (AvgIpc) is 3.08. The predicted octanol–water partition coefficient (Wildman–Crippen LogP) is 2.53. The fourth-order valence-electron chi connectivity index (χ4n) is 2.92. The van der Waals surface area contributed by atoms with E-state index in [-0.39, 0.29) is 18.0 Å². The van der Waals surface area contributed by atoms with Crippen molar-refractivity contribution in [2.24, 2.45) is 5.92 Å². The van der Waals surface area contributed by atoms with Gasteiger partial charge in [0.2, 0.25) is 0 Å². The number of carbonyl (C=O) groups is 1. The highest BCUT2D eigenvalue weighted by Gasteiger charge is 2.26. The van der Waals surface area contributed by atoms with Crippen molar-refractivity contribution in [2.75, 3.05) is 31.1 Å². The topological polar surface area (TPSA) is 54.5 Å². The molecule has 0 bridgehead atoms. The van der Waals surface area contributed by atoms with Crippen molar-refractivity contribution in [3.05, 3.63) is 24.1 Å². The molecule has 2 atom stereocenters. The van der Waals surface area contributed by atoms with Gasteiger partial charge in [-0.2, -0.15) is 11.8 Å². The van der Waals surface area contributed by atoms with Gasteiger partial charge in [0.1, 0.15) is 6.10 Å². The minimum Gasteiger partial charge on any atom is -0.470 e. The maximum atomic E-state index is 13.6. The summed E-state index contributed by atoms with van der Waals surface area (Å²) < 4.78 is 19.2. The first-order chi connectivity index (χ1) is 11.2. The molecule has 1 N–H and O–H groups in total. The number of piperidine rings is 1. The summed E-state index contributed by atoms with van der Waals surface area (Å²) in [5, 5.41) is 3.02. The highest BCUT2D eigenvalue weighted by Crippen LogP contribution is 2.23. The largest absolute Gasteiger partial charge is 0.470 e. The molecular formula is C16H22FN3O2S. The molecule has 3 rings (SSSR count). The predicted molar refractivity (Wildman–Crippen MR) is 88.2 cm³/mol. The number of ether oxygens (including phenoxy) is 1. The number of carbonyl (C=O) groups excluding carboxylic acids is 1. The Labute approximate surface area is 140 Å². The van der Waals surface area contributed by atoms with Crippen LogP contribution in [-0.2, 0) is 0 Å². The van der Waals surface area contributed by atoms with E-state index in [1.165, 1.54) is 30.5 Å². The van der Waals surface area contributed by atoms with Crippen molar-refractivity contribution in [2.45, 2.75) is 25.4 Å². The Balaban J connectivity index is 1.49. The lowest BCUT2D eigenvalue weighted by Crippen LogP contribution is -2.49. The molecular weight excluding hydrogens is 317 g/mol. The molecule has 2 aliphatic heterocycles. The van der Waals surface area contributed by atoms with Crippen LogP contribution < -0.4 is 10.1 Å². The maximum Gasteiger partial charge on any atom is 0.317 e. The Morgan fingerprint density at radius 3 is 3.22 bits per heavy atom. The summed E-state index contributed by atoms with van der Waals surface area (Å²) in [6.45, 7) is 1.93. The number of rotatable bonds is 4. The van der Waals surface area contributed by atoms with Gasteiger partial charge in [-0.15, -0.1) is 0 Å². The fourth-order valence-corrected chi connectivity index (χ4v) is 4.21. The number of nitrogens with zero attached hydrogens (tertiary/aromatic N) is 2. The molecule has 5 nitrogen and oxygen atoms in total. The van der Waals surface area contributed by atoms with Crippen molar-refractivity contribution in [3.63, 3.8) is 0 Å². The molecule has 0 saturated carbocycles. The van der Waals surface area contributed by atoms with Gasteiger partial charge < -0.3 is 15.0 Å². The van der Waals surface area contributed by atoms with E-state index in [0.717, 1.165) is 31.7 Å². The Kier molecular flexibility index (Phi) is 5.59. The van der Waals surface area contributed by atoms with Crippen LogP contribution in [0.2, 0.25) is 0 Å². The molecule has 0 spiro atoms. The second-order valence-electron chi connectivity index (χ2n) is 6.03. The zero-order chi connectivity index (χ0) is 16.1. The number of hydrogen-bond acceptors (Lipinski definition) is 4. The van der Waals surface area contributed by atoms with E-state index in [2.05, 4.69) is 10.3 Å². The van der Waals surface area contributed by atoms with Crippen molar-refractivity contribution >= 4 is 17.8 Å². The zero-order valence-corrected chi connectivity index (χ0v) is 13.9. The van der Waals surface area contributed by atoms with E-state index in [0.29, 0.717) is 12.5 Å². The van der Waals surface area contributed by atoms with Gasteiger partial charge in [0.25, 0.3) is 5.88 Å². The van der Waals surface area contributed by atoms with Gasteiger partial charge in [-0.3, -0.25) is 0 Å². The van der Waals surface area contributed by atoms with Gasteiger partial charge in [-0.25, -0.2) is 14.2 Å². The van der Waals surface area contributed by atoms with Crippen LogP contribution in [-0.4, -0.2) is 53.2 Å². The summed E-state index contributed by atoms with van der Waals surface area (Å²) in [7, 11) is 0. The minimum absolute atomic E-state index is 0.0164. The third kappa shape index (κ3) is 4.50. The van der Waals surface area contributed by atoms with Crippen LogP contribution in [0.4, 0.5) is 9.18 Å². The minimum atomic E-state index is -0.465. The van der Waals surface area contributed by atoms with Gasteiger partial charge in [-0.1, -0.05) is 0 Å². The summed E-state index contributed by atoms with van der Waals surface area (Å²) in [6, 6.07) is 2.82. The van der Waals surface area contributed by atoms with E-state index in [9.17, 15) is 9.18 Å². The lowest BCUT2D eigenvalue weighted by atomic mass is 10.1. The fraction of sp³-hybridized carbons (Fsp3) is 0.625. The van der Waals surface area contributed by atoms with Crippen LogP contribution in [0.3, 0.4) is 0 Å². The molecule has 23 heavy (non-hydrogen) atoms. The van der Waals surface area contributed by atoms with Crippen LogP contribution in [0.1, 0.15) is 19.3 Å². The molecule has 1 aromatic rings. The van der Waals surface area contributed by atoms with E-state index in [1.807, 2.05) is 11.8 Å². The molecule has 2 fully saturated rings. The molecule has 2 amide bonds. The third-order valence-corrected chi connectivity index (χ3v) is 5.47. The highest BCUT2D eigenvalue weighted by atomic mass is 32.2. The smallest absolute Gasteiger partial charge is 0.317 e. The standard InChI is InChI=1S/C16H22FN3O2S/c17-14-4-1-6-18-15(14)22-13-3-2-7-20(10-13)16(21)19-9-12-5-8-23-11-12/h1,4,6,12-13H,2-3,5,7-11H2,(H,19,21). The number of thioether (sulfide) groups is 1. The number of amides is 2. The van der Waals surface area contributed by atoms with Crippen LogP contribution in [0, 0.1) is 11.7 Å². The molecule has 0 aromatic carbocycles. The maximum absolute atomic E-state index is 13.6. The van der Waals surface area contributed by atoms with Crippen LogP contribution >= 0.6 is 11.8 Å². The monoisotopic (exact) mass is 339 g/mol. The van der Waals surface area contributed by atoms with E-state index < -0.39 is 5.82 Å². The Morgan fingerprint density at radius 1 is 1.52 bits per heavy atom. The summed E-state index contributed by atoms with van der Waals surface area (Å²) in [5.74, 6) is 2.46. The molecule has 2 unspecified atom stereocenters. The quantitative estimate of drug-likeness (QED) is 0.916. The van der Waals surface area contributed by atoms with E-state index in [1.54, 1.807) is 4.90 Å². The van der Waals surface area contributed by atoms with Crippen molar-refractivity contribution in [3.8, 4) is 5.88 Å². The molecule has 3 heterocycles. The zero-order valence-electron chi connectivity index (χ0n) is 13.0. The Morgan fingerprint density at radius 2 is 2.43 bits per heavy atom. The lowest BCUT2D eigenvalue weighted by molar-refractivity contribution is 0.0940. The highest BCUT2D eigenvalue weighted by molar-refractivity contribution is 7.99. The normalized spacial score (nSPS) is 24.5. The van der Waals surface area contributed by atoms with Crippen molar-refractivity contribution in [1.29, 1.82) is 0 Å². The lowest BCUT2D eigenvalue weighted by Gasteiger charge is -2.32. The number of halogens is 1. The molecule has 2 saturated heterocycles. The van der Waals surface area contributed by atoms with Crippen molar-refractivity contribution in [1.82, 2.24) is 15.2 Å². The molecule has 7 heteroatoms. The first kappa shape index (κ1) is 16.4. The second kappa shape index (κ2) is 7.86. The summed E-state index contributed by atoms with van der Waals surface area (Å²) in [6.07, 6.45) is 4.13. The summed E-state index contributed by atoms with van der Waals surface area (Å²) in [4.78, 5) is 18.0. The SMILES string of the molecule is O=C(NCC1CCSC1)N1CCCC(Oc2ncccc2F)C1. The molecule has 1 aromatic heterocycles. The number of pyridine rings is 1. The van der Waals surface area contributed by atoms with Gasteiger partial charge in [0.15, 0.2) is 5.82 Å². The summed E-state index contributed by atoms with van der Waals surface area (Å²) >= 11 is 1.95. The summed E-state index contributed by atoms with van der Waals surface area (Å²) in [5.41, 5.74) is 0. The van der Waals surface area contributed by atoms with Gasteiger partial charge in [0.05, 0.1) is 6.54 Å². The van der Waals surface area contributed by atoms with E-state index >= 15 is 0 Å². The third-order valence-electron chi connectivity index (χ3n) is 4.23. The molecule has 0 aliphatic carbocycles. The number of nitrogens with one attached hydrogen (secondary N) is 1. The number of urea groups is 1.